The van der Waals surface area contributed by atoms with Crippen LogP contribution in [0.4, 0.5) is 0 Å². The Balaban J connectivity index is 1.33. The van der Waals surface area contributed by atoms with Gasteiger partial charge in [-0.3, -0.25) is 0 Å². The van der Waals surface area contributed by atoms with E-state index in [1.165, 1.54) is 51.7 Å². The zero-order valence-electron chi connectivity index (χ0n) is 24.1. The number of carbonyl (C=O) groups excluding carboxylic acids is 1. The van der Waals surface area contributed by atoms with Gasteiger partial charge in [-0.05, 0) is 23.8 Å². The Kier molecular flexibility index (Phi) is 10.9. The summed E-state index contributed by atoms with van der Waals surface area (Å²) in [6.45, 7) is -1.53. The maximum Gasteiger partial charge on any atom is 0.330 e. The number of benzene rings is 2. The van der Waals surface area contributed by atoms with Crippen LogP contribution in [0.3, 0.4) is 0 Å². The molecule has 2 aromatic rings. The zero-order chi connectivity index (χ0) is 32.0. The van der Waals surface area contributed by atoms with E-state index in [1.54, 1.807) is 12.1 Å². The first-order valence-corrected chi connectivity index (χ1v) is 13.4. The van der Waals surface area contributed by atoms with E-state index >= 15 is 0 Å². The van der Waals surface area contributed by atoms with Crippen LogP contribution in [0.25, 0.3) is 6.08 Å². The number of aliphatic hydroxyl groups is 5. The minimum absolute atomic E-state index is 0.0704. The van der Waals surface area contributed by atoms with Crippen molar-refractivity contribution in [3.05, 3.63) is 48.0 Å². The number of methoxy groups -OCH3 is 3. The standard InChI is InChI=1S/C29H36O15/c1-37-18-10-17(11-19(38-2)25(18)39-3)43-27-24(34)23(33)22(32)20(44-27)12-40-28-26(35)29(36,14-42-28)13-41-21(31)9-6-15-4-7-16(30)8-5-15/h4-11,20,22-24,26-28,30,32-36H,12-14H2,1-3H3. The summed E-state index contributed by atoms with van der Waals surface area (Å²) in [6.07, 6.45) is -8.27. The average Bonchev–Trinajstić information content (AvgIpc) is 3.31. The number of hydrogen-bond acceptors (Lipinski definition) is 15. The van der Waals surface area contributed by atoms with Crippen LogP contribution in [0.1, 0.15) is 5.56 Å². The van der Waals surface area contributed by atoms with Crippen molar-refractivity contribution < 1.29 is 73.3 Å². The van der Waals surface area contributed by atoms with Gasteiger partial charge in [0, 0.05) is 18.2 Å². The fourth-order valence-corrected chi connectivity index (χ4v) is 4.52. The fourth-order valence-electron chi connectivity index (χ4n) is 4.52. The summed E-state index contributed by atoms with van der Waals surface area (Å²) in [6, 6.07) is 8.95. The smallest absolute Gasteiger partial charge is 0.330 e. The Morgan fingerprint density at radius 3 is 2.23 bits per heavy atom. The highest BCUT2D eigenvalue weighted by atomic mass is 16.7. The maximum atomic E-state index is 12.1. The molecule has 2 saturated heterocycles. The van der Waals surface area contributed by atoms with Crippen molar-refractivity contribution in [1.82, 2.24) is 0 Å². The Morgan fingerprint density at radius 2 is 1.61 bits per heavy atom. The molecule has 242 valence electrons. The predicted molar refractivity (Wildman–Crippen MR) is 148 cm³/mol. The molecule has 2 heterocycles. The number of hydrogen-bond donors (Lipinski definition) is 6. The molecule has 0 saturated carbocycles. The van der Waals surface area contributed by atoms with Crippen molar-refractivity contribution in [3.8, 4) is 28.7 Å². The van der Waals surface area contributed by atoms with E-state index in [1.807, 2.05) is 0 Å². The minimum atomic E-state index is -2.01. The lowest BCUT2D eigenvalue weighted by molar-refractivity contribution is -0.289. The molecule has 0 amide bonds. The number of ether oxygens (including phenoxy) is 8. The van der Waals surface area contributed by atoms with Crippen molar-refractivity contribution in [2.24, 2.45) is 0 Å². The molecule has 0 aromatic heterocycles. The van der Waals surface area contributed by atoms with E-state index in [4.69, 9.17) is 37.9 Å². The molecular formula is C29H36O15. The van der Waals surface area contributed by atoms with E-state index in [0.29, 0.717) is 11.3 Å². The van der Waals surface area contributed by atoms with Crippen LogP contribution in [0, 0.1) is 0 Å². The first-order valence-electron chi connectivity index (χ1n) is 13.4. The Bertz CT molecular complexity index is 1260. The number of aliphatic hydroxyl groups excluding tert-OH is 4. The fraction of sp³-hybridized carbons (Fsp3) is 0.483. The van der Waals surface area contributed by atoms with Gasteiger partial charge in [-0.15, -0.1) is 0 Å². The predicted octanol–water partition coefficient (Wildman–Crippen LogP) is -0.674. The molecule has 6 N–H and O–H groups in total. The van der Waals surface area contributed by atoms with Gasteiger partial charge in [0.15, 0.2) is 23.4 Å². The van der Waals surface area contributed by atoms with Crippen molar-refractivity contribution in [2.75, 3.05) is 41.2 Å². The molecule has 2 aromatic carbocycles. The highest BCUT2D eigenvalue weighted by Gasteiger charge is 2.51. The second-order valence-corrected chi connectivity index (χ2v) is 10.1. The molecule has 15 nitrogen and oxygen atoms in total. The number of phenolic OH excluding ortho intramolecular Hbond substituents is 1. The lowest BCUT2D eigenvalue weighted by atomic mass is 9.99. The SMILES string of the molecule is COc1cc(OC2OC(COC3OCC(O)(COC(=O)C=Cc4ccc(O)cc4)C3O)C(O)C(O)C2O)cc(OC)c1OC. The quantitative estimate of drug-likeness (QED) is 0.128. The summed E-state index contributed by atoms with van der Waals surface area (Å²) >= 11 is 0. The third kappa shape index (κ3) is 7.51. The van der Waals surface area contributed by atoms with E-state index < -0.39 is 74.5 Å². The monoisotopic (exact) mass is 624 g/mol. The van der Waals surface area contributed by atoms with Crippen molar-refractivity contribution in [3.63, 3.8) is 0 Å². The van der Waals surface area contributed by atoms with E-state index in [2.05, 4.69) is 0 Å². The van der Waals surface area contributed by atoms with E-state index in [-0.39, 0.29) is 23.0 Å². The summed E-state index contributed by atoms with van der Waals surface area (Å²) in [5.74, 6) is 0.204. The Labute approximate surface area is 252 Å². The van der Waals surface area contributed by atoms with Gasteiger partial charge < -0.3 is 68.5 Å². The first kappa shape index (κ1) is 33.2. The number of aromatic hydroxyl groups is 1. The third-order valence-corrected chi connectivity index (χ3v) is 7.06. The Hall–Kier alpha value is -3.67. The van der Waals surface area contributed by atoms with Crippen LogP contribution in [0.2, 0.25) is 0 Å². The summed E-state index contributed by atoms with van der Waals surface area (Å²) in [4.78, 5) is 12.1. The number of phenols is 1. The van der Waals surface area contributed by atoms with Gasteiger partial charge in [-0.1, -0.05) is 12.1 Å². The molecule has 44 heavy (non-hydrogen) atoms. The molecule has 2 aliphatic rings. The van der Waals surface area contributed by atoms with Crippen LogP contribution in [0.15, 0.2) is 42.5 Å². The molecule has 4 rings (SSSR count). The van der Waals surface area contributed by atoms with Gasteiger partial charge in [0.2, 0.25) is 12.0 Å². The first-order chi connectivity index (χ1) is 21.0. The second kappa shape index (κ2) is 14.4. The molecule has 8 atom stereocenters. The normalized spacial score (nSPS) is 30.2. The largest absolute Gasteiger partial charge is 0.508 e. The number of rotatable bonds is 12. The lowest BCUT2D eigenvalue weighted by Gasteiger charge is -2.40. The van der Waals surface area contributed by atoms with Crippen LogP contribution in [0.5, 0.6) is 28.7 Å². The van der Waals surface area contributed by atoms with Crippen LogP contribution in [-0.2, 0) is 23.7 Å². The summed E-state index contributed by atoms with van der Waals surface area (Å²) in [5.41, 5.74) is -1.39. The number of carbonyl (C=O) groups is 1. The molecule has 0 spiro atoms. The zero-order valence-corrected chi connectivity index (χ0v) is 24.1. The van der Waals surface area contributed by atoms with Gasteiger partial charge in [-0.25, -0.2) is 4.79 Å². The molecule has 15 heteroatoms. The third-order valence-electron chi connectivity index (χ3n) is 7.06. The van der Waals surface area contributed by atoms with Crippen molar-refractivity contribution >= 4 is 12.0 Å². The molecule has 8 unspecified atom stereocenters. The minimum Gasteiger partial charge on any atom is -0.508 e. The topological polar surface area (TPSA) is 212 Å². The second-order valence-electron chi connectivity index (χ2n) is 10.1. The van der Waals surface area contributed by atoms with Crippen molar-refractivity contribution in [1.29, 1.82) is 0 Å². The summed E-state index contributed by atoms with van der Waals surface area (Å²) in [5, 5.41) is 62.2. The Morgan fingerprint density at radius 1 is 0.955 bits per heavy atom. The molecule has 0 aliphatic carbocycles. The van der Waals surface area contributed by atoms with Crippen molar-refractivity contribution in [2.45, 2.75) is 48.7 Å². The number of esters is 1. The van der Waals surface area contributed by atoms with Gasteiger partial charge in [0.1, 0.15) is 48.6 Å². The van der Waals surface area contributed by atoms with E-state index in [9.17, 15) is 35.4 Å². The summed E-state index contributed by atoms with van der Waals surface area (Å²) in [7, 11) is 4.23. The molecular weight excluding hydrogens is 588 g/mol. The molecule has 0 bridgehead atoms. The van der Waals surface area contributed by atoms with Crippen LogP contribution in [-0.4, -0.2) is 126 Å². The van der Waals surface area contributed by atoms with Gasteiger partial charge >= 0.3 is 5.97 Å². The average molecular weight is 625 g/mol. The van der Waals surface area contributed by atoms with E-state index in [0.717, 1.165) is 6.08 Å². The van der Waals surface area contributed by atoms with Gasteiger partial charge in [0.05, 0.1) is 34.5 Å². The molecule has 2 aliphatic heterocycles. The molecule has 2 fully saturated rings. The highest BCUT2D eigenvalue weighted by molar-refractivity contribution is 5.87. The van der Waals surface area contributed by atoms with Crippen LogP contribution >= 0.6 is 0 Å². The van der Waals surface area contributed by atoms with Gasteiger partial charge in [0.25, 0.3) is 0 Å². The maximum absolute atomic E-state index is 12.1. The lowest BCUT2D eigenvalue weighted by Crippen LogP contribution is -2.60. The van der Waals surface area contributed by atoms with Gasteiger partial charge in [-0.2, -0.15) is 0 Å². The summed E-state index contributed by atoms with van der Waals surface area (Å²) < 4.78 is 43.2. The molecule has 0 radical (unpaired) electrons. The highest BCUT2D eigenvalue weighted by Crippen LogP contribution is 2.41. The van der Waals surface area contributed by atoms with Crippen LogP contribution < -0.4 is 18.9 Å².